The fourth-order valence-corrected chi connectivity index (χ4v) is 2.46. The monoisotopic (exact) mass is 418 g/mol. The Morgan fingerprint density at radius 2 is 1.50 bits per heavy atom. The summed E-state index contributed by atoms with van der Waals surface area (Å²) in [4.78, 5) is 19.1. The summed E-state index contributed by atoms with van der Waals surface area (Å²) in [6.45, 7) is 2.36. The van der Waals surface area contributed by atoms with Gasteiger partial charge < -0.3 is 36.6 Å². The predicted octanol–water partition coefficient (Wildman–Crippen LogP) is 1.65. The van der Waals surface area contributed by atoms with Crippen LogP contribution in [0, 0.1) is 0 Å². The van der Waals surface area contributed by atoms with Gasteiger partial charge in [0.15, 0.2) is 0 Å². The molecule has 0 saturated carbocycles. The molecule has 0 aliphatic carbocycles. The van der Waals surface area contributed by atoms with Gasteiger partial charge >= 0.3 is 11.9 Å². The number of hydrogen-bond donors (Lipinski definition) is 7. The minimum Gasteiger partial charge on any atom is -0.508 e. The van der Waals surface area contributed by atoms with Crippen LogP contribution in [0.5, 0.6) is 11.5 Å². The number of carbonyl (C=O) groups is 2. The van der Waals surface area contributed by atoms with Gasteiger partial charge in [0, 0.05) is 36.5 Å². The zero-order valence-electron chi connectivity index (χ0n) is 16.4. The molecule has 0 spiro atoms. The third kappa shape index (κ3) is 10.1. The van der Waals surface area contributed by atoms with Crippen molar-refractivity contribution in [2.45, 2.75) is 25.5 Å². The summed E-state index contributed by atoms with van der Waals surface area (Å²) in [5.74, 6) is -2.65. The Hall–Kier alpha value is -3.56. The van der Waals surface area contributed by atoms with Crippen LogP contribution in [0.15, 0.2) is 54.6 Å². The number of rotatable bonds is 8. The second-order valence-corrected chi connectivity index (χ2v) is 6.56. The number of aliphatic hydroxyl groups excluding tert-OH is 1. The molecule has 2 rings (SSSR count). The van der Waals surface area contributed by atoms with E-state index in [1.807, 2.05) is 31.2 Å². The zero-order chi connectivity index (χ0) is 22.7. The lowest BCUT2D eigenvalue weighted by atomic mass is 10.1. The summed E-state index contributed by atoms with van der Waals surface area (Å²) in [5.41, 5.74) is 8.04. The van der Waals surface area contributed by atoms with Gasteiger partial charge in [0.25, 0.3) is 0 Å². The Bertz CT molecular complexity index is 830. The molecule has 0 aliphatic rings. The third-order valence-electron chi connectivity index (χ3n) is 3.86. The minimum absolute atomic E-state index is 0.0658. The Kier molecular flexibility index (Phi) is 9.87. The topological polar surface area (TPSA) is 173 Å². The molecule has 0 bridgehead atoms. The quantitative estimate of drug-likeness (QED) is 0.248. The van der Waals surface area contributed by atoms with Crippen molar-refractivity contribution >= 4 is 17.6 Å². The fraction of sp³-hybridized carbons (Fsp3) is 0.238. The number of aromatic hydroxyl groups is 2. The Labute approximate surface area is 173 Å². The lowest BCUT2D eigenvalue weighted by molar-refractivity contribution is -0.134. The van der Waals surface area contributed by atoms with Crippen LogP contribution in [0.4, 0.5) is 5.69 Å². The molecule has 9 nitrogen and oxygen atoms in total. The molecule has 8 N–H and O–H groups in total. The highest BCUT2D eigenvalue weighted by atomic mass is 16.4. The van der Waals surface area contributed by atoms with Gasteiger partial charge in [0.05, 0.1) is 6.10 Å². The molecule has 0 amide bonds. The number of anilines is 1. The molecule has 0 aliphatic heterocycles. The van der Waals surface area contributed by atoms with Crippen molar-refractivity contribution < 1.29 is 35.1 Å². The Morgan fingerprint density at radius 1 is 1.00 bits per heavy atom. The van der Waals surface area contributed by atoms with Crippen molar-refractivity contribution in [1.82, 2.24) is 5.32 Å². The Balaban J connectivity index is 0.000000479. The largest absolute Gasteiger partial charge is 0.508 e. The number of aliphatic hydroxyl groups is 1. The number of nitrogen functional groups attached to an aromatic ring is 1. The van der Waals surface area contributed by atoms with E-state index in [-0.39, 0.29) is 17.5 Å². The van der Waals surface area contributed by atoms with Crippen molar-refractivity contribution in [2.24, 2.45) is 0 Å². The molecule has 9 heteroatoms. The van der Waals surface area contributed by atoms with Crippen LogP contribution in [0.3, 0.4) is 0 Å². The number of phenolic OH excluding ortho intramolecular Hbond substituents is 2. The summed E-state index contributed by atoms with van der Waals surface area (Å²) < 4.78 is 0. The van der Waals surface area contributed by atoms with E-state index < -0.39 is 18.0 Å². The van der Waals surface area contributed by atoms with Gasteiger partial charge in [-0.15, -0.1) is 0 Å². The van der Waals surface area contributed by atoms with Crippen molar-refractivity contribution in [3.05, 3.63) is 65.7 Å². The average molecular weight is 418 g/mol. The first-order valence-corrected chi connectivity index (χ1v) is 8.99. The van der Waals surface area contributed by atoms with Gasteiger partial charge in [-0.05, 0) is 48.7 Å². The smallest absolute Gasteiger partial charge is 0.328 e. The van der Waals surface area contributed by atoms with Crippen LogP contribution < -0.4 is 11.1 Å². The average Bonchev–Trinajstić information content (AvgIpc) is 2.66. The molecule has 2 unspecified atom stereocenters. The standard InChI is InChI=1S/C17H22N2O3.C4H4O4/c1-11(6-12-2-4-14(18)5-3-12)19-10-17(22)13-7-15(20)9-16(21)8-13;5-3(6)1-2-4(7)8/h2-5,7-9,11,17,19-22H,6,10,18H2,1H3;1-2H,(H,5,6)(H,7,8)/b;2-1+. The number of carboxylic acid groups (broad SMARTS) is 2. The van der Waals surface area contributed by atoms with Gasteiger partial charge in [-0.3, -0.25) is 0 Å². The number of hydrogen-bond acceptors (Lipinski definition) is 7. The molecule has 0 fully saturated rings. The highest BCUT2D eigenvalue weighted by molar-refractivity contribution is 5.89. The molecule has 162 valence electrons. The summed E-state index contributed by atoms with van der Waals surface area (Å²) >= 11 is 0. The maximum atomic E-state index is 10.1. The summed E-state index contributed by atoms with van der Waals surface area (Å²) in [6.07, 6.45) is 1.13. The molecule has 2 atom stereocenters. The van der Waals surface area contributed by atoms with Crippen LogP contribution in [0.1, 0.15) is 24.2 Å². The summed E-state index contributed by atoms with van der Waals surface area (Å²) in [7, 11) is 0. The van der Waals surface area contributed by atoms with Gasteiger partial charge in [-0.1, -0.05) is 12.1 Å². The van der Waals surface area contributed by atoms with Crippen molar-refractivity contribution in [3.8, 4) is 11.5 Å². The van der Waals surface area contributed by atoms with E-state index in [1.54, 1.807) is 0 Å². The van der Waals surface area contributed by atoms with E-state index in [2.05, 4.69) is 5.32 Å². The molecule has 2 aromatic carbocycles. The van der Waals surface area contributed by atoms with Crippen LogP contribution in [0.25, 0.3) is 0 Å². The molecule has 2 aromatic rings. The maximum absolute atomic E-state index is 10.1. The van der Waals surface area contributed by atoms with Gasteiger partial charge in [-0.2, -0.15) is 0 Å². The van der Waals surface area contributed by atoms with Crippen LogP contribution in [-0.2, 0) is 16.0 Å². The van der Waals surface area contributed by atoms with E-state index >= 15 is 0 Å². The number of benzene rings is 2. The van der Waals surface area contributed by atoms with Crippen molar-refractivity contribution in [1.29, 1.82) is 0 Å². The number of phenols is 2. The number of carboxylic acids is 2. The lowest BCUT2D eigenvalue weighted by Crippen LogP contribution is -2.32. The van der Waals surface area contributed by atoms with Gasteiger partial charge in [-0.25, -0.2) is 9.59 Å². The molecular formula is C21H26N2O7. The molecule has 0 aromatic heterocycles. The van der Waals surface area contributed by atoms with Crippen molar-refractivity contribution in [2.75, 3.05) is 12.3 Å². The number of nitrogens with two attached hydrogens (primary N) is 1. The van der Waals surface area contributed by atoms with E-state index in [0.29, 0.717) is 24.3 Å². The molecular weight excluding hydrogens is 392 g/mol. The minimum atomic E-state index is -1.26. The summed E-state index contributed by atoms with van der Waals surface area (Å²) in [5, 5.41) is 47.9. The third-order valence-corrected chi connectivity index (χ3v) is 3.86. The highest BCUT2D eigenvalue weighted by Gasteiger charge is 2.12. The normalized spacial score (nSPS) is 12.6. The van der Waals surface area contributed by atoms with Crippen LogP contribution >= 0.6 is 0 Å². The van der Waals surface area contributed by atoms with Gasteiger partial charge in [0.2, 0.25) is 0 Å². The first kappa shape index (κ1) is 24.5. The summed E-state index contributed by atoms with van der Waals surface area (Å²) in [6, 6.07) is 12.0. The van der Waals surface area contributed by atoms with E-state index in [1.165, 1.54) is 23.8 Å². The SMILES string of the molecule is CC(Cc1ccc(N)cc1)NCC(O)c1cc(O)cc(O)c1.O=C(O)/C=C/C(=O)O. The molecule has 0 heterocycles. The van der Waals surface area contributed by atoms with Gasteiger partial charge in [0.1, 0.15) is 11.5 Å². The first-order chi connectivity index (χ1) is 14.1. The second-order valence-electron chi connectivity index (χ2n) is 6.56. The zero-order valence-corrected chi connectivity index (χ0v) is 16.4. The van der Waals surface area contributed by atoms with Crippen LogP contribution in [-0.4, -0.2) is 50.1 Å². The van der Waals surface area contributed by atoms with E-state index in [4.69, 9.17) is 15.9 Å². The van der Waals surface area contributed by atoms with Crippen molar-refractivity contribution in [3.63, 3.8) is 0 Å². The number of nitrogens with one attached hydrogen (secondary N) is 1. The predicted molar refractivity (Wildman–Crippen MR) is 111 cm³/mol. The molecule has 0 radical (unpaired) electrons. The number of aliphatic carboxylic acids is 2. The highest BCUT2D eigenvalue weighted by Crippen LogP contribution is 2.24. The molecule has 0 saturated heterocycles. The Morgan fingerprint density at radius 3 is 1.97 bits per heavy atom. The maximum Gasteiger partial charge on any atom is 0.328 e. The second kappa shape index (κ2) is 12.1. The van der Waals surface area contributed by atoms with Crippen LogP contribution in [0.2, 0.25) is 0 Å². The molecule has 30 heavy (non-hydrogen) atoms. The lowest BCUT2D eigenvalue weighted by Gasteiger charge is -2.18. The first-order valence-electron chi connectivity index (χ1n) is 8.99. The fourth-order valence-electron chi connectivity index (χ4n) is 2.46. The van der Waals surface area contributed by atoms with E-state index in [0.717, 1.165) is 12.1 Å². The van der Waals surface area contributed by atoms with E-state index in [9.17, 15) is 24.9 Å².